The van der Waals surface area contributed by atoms with E-state index in [4.69, 9.17) is 4.98 Å². The molecule has 2 heterocycles. The van der Waals surface area contributed by atoms with Crippen LogP contribution in [0.1, 0.15) is 0 Å². The Bertz CT molecular complexity index is 1310. The van der Waals surface area contributed by atoms with Crippen molar-refractivity contribution in [1.29, 1.82) is 0 Å². The number of nitrogens with zero attached hydrogens (tertiary/aromatic N) is 3. The normalized spacial score (nSPS) is 11.7. The van der Waals surface area contributed by atoms with Gasteiger partial charge in [0.25, 0.3) is 0 Å². The van der Waals surface area contributed by atoms with Gasteiger partial charge in [-0.2, -0.15) is 0 Å². The molecule has 4 aromatic rings. The molecule has 1 unspecified atom stereocenters. The SMILES string of the molecule is CS(=O)(=O)c1ccc(-c2cc(-c3cccc(Br)c3)c3c([AsH2])ncnc3n2)cc1. The van der Waals surface area contributed by atoms with Crippen molar-refractivity contribution in [3.05, 3.63) is 65.4 Å². The molecule has 0 aliphatic heterocycles. The van der Waals surface area contributed by atoms with E-state index in [0.717, 1.165) is 36.7 Å². The van der Waals surface area contributed by atoms with Crippen LogP contribution in [0.3, 0.4) is 0 Å². The quantitative estimate of drug-likeness (QED) is 0.392. The Morgan fingerprint density at radius 1 is 0.964 bits per heavy atom. The van der Waals surface area contributed by atoms with Crippen molar-refractivity contribution in [3.8, 4) is 22.4 Å². The monoisotopic (exact) mass is 515 g/mol. The summed E-state index contributed by atoms with van der Waals surface area (Å²) in [5.74, 6) is 0. The number of rotatable bonds is 3. The summed E-state index contributed by atoms with van der Waals surface area (Å²) in [7, 11) is -3.24. The number of fused-ring (bicyclic) bond motifs is 1. The molecule has 0 saturated heterocycles. The van der Waals surface area contributed by atoms with Gasteiger partial charge < -0.3 is 0 Å². The first-order valence-corrected chi connectivity index (χ1v) is 12.2. The van der Waals surface area contributed by atoms with Crippen LogP contribution in [0, 0.1) is 0 Å². The van der Waals surface area contributed by atoms with Gasteiger partial charge in [0, 0.05) is 0 Å². The van der Waals surface area contributed by atoms with Crippen molar-refractivity contribution in [2.24, 2.45) is 0 Å². The van der Waals surface area contributed by atoms with Crippen molar-refractivity contribution in [3.63, 3.8) is 0 Å². The minimum atomic E-state index is -3.24. The summed E-state index contributed by atoms with van der Waals surface area (Å²) in [5.41, 5.74) is 4.20. The van der Waals surface area contributed by atoms with E-state index in [-0.39, 0.29) is 4.90 Å². The Hall–Kier alpha value is -2.08. The van der Waals surface area contributed by atoms with E-state index in [1.54, 1.807) is 24.3 Å². The molecule has 8 heteroatoms. The summed E-state index contributed by atoms with van der Waals surface area (Å²) in [6, 6.07) is 16.8. The summed E-state index contributed by atoms with van der Waals surface area (Å²) in [6.45, 7) is 0. The van der Waals surface area contributed by atoms with Crippen LogP contribution in [0.25, 0.3) is 33.4 Å². The van der Waals surface area contributed by atoms with Crippen LogP contribution < -0.4 is 4.48 Å². The third kappa shape index (κ3) is 3.75. The molecule has 5 nitrogen and oxygen atoms in total. The van der Waals surface area contributed by atoms with Crippen molar-refractivity contribution < 1.29 is 8.42 Å². The van der Waals surface area contributed by atoms with Gasteiger partial charge in [0.15, 0.2) is 0 Å². The van der Waals surface area contributed by atoms with E-state index < -0.39 is 9.84 Å². The molecule has 140 valence electrons. The second-order valence-electron chi connectivity index (χ2n) is 6.32. The fourth-order valence-electron chi connectivity index (χ4n) is 2.99. The van der Waals surface area contributed by atoms with Gasteiger partial charge in [-0.15, -0.1) is 0 Å². The van der Waals surface area contributed by atoms with E-state index in [1.165, 1.54) is 29.4 Å². The number of pyridine rings is 1. The first-order valence-electron chi connectivity index (χ1n) is 8.30. The van der Waals surface area contributed by atoms with Crippen molar-refractivity contribution in [2.75, 3.05) is 6.26 Å². The van der Waals surface area contributed by atoms with Crippen molar-refractivity contribution in [2.45, 2.75) is 4.90 Å². The van der Waals surface area contributed by atoms with Crippen molar-refractivity contribution >= 4 is 58.1 Å². The molecule has 0 aliphatic rings. The van der Waals surface area contributed by atoms with Gasteiger partial charge in [0.1, 0.15) is 0 Å². The third-order valence-corrected chi connectivity index (χ3v) is 6.89. The molecule has 0 bridgehead atoms. The molecule has 0 aliphatic carbocycles. The van der Waals surface area contributed by atoms with E-state index in [9.17, 15) is 8.42 Å². The Kier molecular flexibility index (Phi) is 5.08. The van der Waals surface area contributed by atoms with E-state index in [1.807, 2.05) is 30.3 Å². The molecule has 4 rings (SSSR count). The van der Waals surface area contributed by atoms with Crippen LogP contribution in [0.2, 0.25) is 0 Å². The molecule has 28 heavy (non-hydrogen) atoms. The fraction of sp³-hybridized carbons (Fsp3) is 0.0500. The van der Waals surface area contributed by atoms with Gasteiger partial charge in [-0.05, 0) is 0 Å². The van der Waals surface area contributed by atoms with E-state index >= 15 is 0 Å². The van der Waals surface area contributed by atoms with Gasteiger partial charge in [0.2, 0.25) is 0 Å². The molecule has 0 N–H and O–H groups in total. The van der Waals surface area contributed by atoms with Gasteiger partial charge in [-0.3, -0.25) is 0 Å². The average molecular weight is 516 g/mol. The summed E-state index contributed by atoms with van der Waals surface area (Å²) in [4.78, 5) is 13.7. The van der Waals surface area contributed by atoms with Gasteiger partial charge in [0.05, 0.1) is 0 Å². The Balaban J connectivity index is 1.96. The molecule has 0 saturated carbocycles. The van der Waals surface area contributed by atoms with E-state index in [2.05, 4.69) is 25.9 Å². The van der Waals surface area contributed by atoms with Gasteiger partial charge >= 0.3 is 180 Å². The summed E-state index contributed by atoms with van der Waals surface area (Å²) in [5, 5.41) is 0.928. The summed E-state index contributed by atoms with van der Waals surface area (Å²) >= 11 is 4.95. The molecule has 2 aromatic carbocycles. The van der Waals surface area contributed by atoms with Crippen molar-refractivity contribution in [1.82, 2.24) is 15.0 Å². The third-order valence-electron chi connectivity index (χ3n) is 4.35. The number of aromatic nitrogens is 3. The number of hydrogen-bond acceptors (Lipinski definition) is 5. The topological polar surface area (TPSA) is 72.8 Å². The second-order valence-corrected chi connectivity index (χ2v) is 10.4. The maximum absolute atomic E-state index is 11.7. The maximum atomic E-state index is 11.7. The van der Waals surface area contributed by atoms with Crippen LogP contribution in [0.15, 0.2) is 70.3 Å². The predicted molar refractivity (Wildman–Crippen MR) is 117 cm³/mol. The zero-order valence-electron chi connectivity index (χ0n) is 14.8. The van der Waals surface area contributed by atoms with E-state index in [0.29, 0.717) is 5.65 Å². The molecule has 1 atom stereocenters. The van der Waals surface area contributed by atoms with Gasteiger partial charge in [-0.1, -0.05) is 0 Å². The standard InChI is InChI=1S/C20H15AsBrN3O2S/c1-28(26,27)15-7-5-12(6-8-15)17-10-16(13-3-2-4-14(22)9-13)18-19(21)23-11-24-20(18)25-17/h2-11H,21H2,1H3. The minimum absolute atomic E-state index is 0.283. The summed E-state index contributed by atoms with van der Waals surface area (Å²) in [6.07, 6.45) is 2.72. The molecular formula is C20H15AsBrN3O2S. The van der Waals surface area contributed by atoms with Crippen LogP contribution in [0.4, 0.5) is 0 Å². The fourth-order valence-corrected chi connectivity index (χ4v) is 4.76. The van der Waals surface area contributed by atoms with Crippen LogP contribution >= 0.6 is 15.9 Å². The molecule has 0 amide bonds. The number of halogens is 1. The number of sulfone groups is 1. The Labute approximate surface area is 179 Å². The zero-order valence-corrected chi connectivity index (χ0v) is 19.6. The van der Waals surface area contributed by atoms with Gasteiger partial charge in [-0.25, -0.2) is 0 Å². The predicted octanol–water partition coefficient (Wildman–Crippen LogP) is 2.78. The first-order chi connectivity index (χ1) is 13.3. The Morgan fingerprint density at radius 3 is 2.39 bits per heavy atom. The van der Waals surface area contributed by atoms with Crippen LogP contribution in [0.5, 0.6) is 0 Å². The molecule has 0 fully saturated rings. The van der Waals surface area contributed by atoms with Crippen LogP contribution in [-0.2, 0) is 9.84 Å². The molecule has 2 aromatic heterocycles. The molecule has 0 spiro atoms. The second kappa shape index (κ2) is 7.39. The zero-order chi connectivity index (χ0) is 19.9. The first kappa shape index (κ1) is 19.2. The summed E-state index contributed by atoms with van der Waals surface area (Å²) < 4.78 is 25.4. The number of hydrogen-bond donors (Lipinski definition) is 0. The number of benzene rings is 2. The average Bonchev–Trinajstić information content (AvgIpc) is 2.67. The molecular weight excluding hydrogens is 501 g/mol. The Morgan fingerprint density at radius 2 is 1.71 bits per heavy atom. The molecule has 0 radical (unpaired) electrons. The van der Waals surface area contributed by atoms with Crippen LogP contribution in [-0.4, -0.2) is 46.5 Å².